The van der Waals surface area contributed by atoms with Crippen molar-refractivity contribution in [1.29, 1.82) is 10.5 Å². The Morgan fingerprint density at radius 3 is 2.23 bits per heavy atom. The van der Waals surface area contributed by atoms with Crippen LogP contribution in [0.15, 0.2) is 0 Å². The van der Waals surface area contributed by atoms with E-state index in [1.54, 1.807) is 0 Å². The van der Waals surface area contributed by atoms with Crippen LogP contribution in [0.25, 0.3) is 0 Å². The summed E-state index contributed by atoms with van der Waals surface area (Å²) in [6.45, 7) is 1.79. The number of rotatable bonds is 4. The Bertz CT molecular complexity index is 237. The van der Waals surface area contributed by atoms with E-state index in [0.29, 0.717) is 6.42 Å². The molecule has 70 valence electrons. The van der Waals surface area contributed by atoms with Gasteiger partial charge in [-0.25, -0.2) is 0 Å². The molecule has 0 bridgehead atoms. The number of amides is 1. The van der Waals surface area contributed by atoms with Gasteiger partial charge >= 0.3 is 0 Å². The van der Waals surface area contributed by atoms with Gasteiger partial charge in [-0.05, 0) is 6.42 Å². The summed E-state index contributed by atoms with van der Waals surface area (Å²) in [5.74, 6) is -0.203. The molecule has 1 unspecified atom stereocenters. The normalized spacial score (nSPS) is 11.1. The van der Waals surface area contributed by atoms with E-state index >= 15 is 0 Å². The lowest BCUT2D eigenvalue weighted by Crippen LogP contribution is -2.37. The van der Waals surface area contributed by atoms with Gasteiger partial charge in [0.2, 0.25) is 5.91 Å². The molecule has 0 saturated carbocycles. The Hall–Kier alpha value is -1.07. The van der Waals surface area contributed by atoms with E-state index in [1.807, 2.05) is 19.1 Å². The second-order valence-corrected chi connectivity index (χ2v) is 3.49. The molecular weight excluding hydrogens is 234 g/mol. The molecule has 0 aromatic carbocycles. The Morgan fingerprint density at radius 2 is 1.92 bits per heavy atom. The molecule has 5 heteroatoms. The first-order valence-corrected chi connectivity index (χ1v) is 4.75. The first-order valence-electron chi connectivity index (χ1n) is 3.84. The monoisotopic (exact) mass is 243 g/mol. The van der Waals surface area contributed by atoms with Gasteiger partial charge in [-0.3, -0.25) is 4.79 Å². The minimum atomic E-state index is -0.297. The smallest absolute Gasteiger partial charge is 0.238 e. The molecule has 0 aromatic heterocycles. The summed E-state index contributed by atoms with van der Waals surface area (Å²) in [6.07, 6.45) is 0.645. The summed E-state index contributed by atoms with van der Waals surface area (Å²) in [5, 5.41) is 16.8. The molecule has 0 aliphatic carbocycles. The number of nitrogens with zero attached hydrogens (tertiary/aromatic N) is 3. The van der Waals surface area contributed by atoms with E-state index in [9.17, 15) is 4.79 Å². The van der Waals surface area contributed by atoms with Crippen LogP contribution < -0.4 is 0 Å². The summed E-state index contributed by atoms with van der Waals surface area (Å²) in [7, 11) is 0. The molecule has 0 saturated heterocycles. The summed E-state index contributed by atoms with van der Waals surface area (Å²) in [4.78, 5) is 12.4. The van der Waals surface area contributed by atoms with Gasteiger partial charge in [0.1, 0.15) is 13.1 Å². The van der Waals surface area contributed by atoms with Gasteiger partial charge in [0.05, 0.1) is 17.0 Å². The third-order valence-electron chi connectivity index (χ3n) is 1.46. The highest BCUT2D eigenvalue weighted by Gasteiger charge is 2.19. The Morgan fingerprint density at radius 1 is 1.46 bits per heavy atom. The Balaban J connectivity index is 4.30. The van der Waals surface area contributed by atoms with Crippen LogP contribution in [0.5, 0.6) is 0 Å². The molecule has 0 aromatic rings. The quantitative estimate of drug-likeness (QED) is 0.548. The predicted octanol–water partition coefficient (Wildman–Crippen LogP) is 1.04. The first kappa shape index (κ1) is 11.9. The van der Waals surface area contributed by atoms with Crippen LogP contribution in [0.1, 0.15) is 13.3 Å². The van der Waals surface area contributed by atoms with Gasteiger partial charge in [0.15, 0.2) is 0 Å². The van der Waals surface area contributed by atoms with Crippen molar-refractivity contribution in [1.82, 2.24) is 4.90 Å². The van der Waals surface area contributed by atoms with Crippen molar-refractivity contribution >= 4 is 21.8 Å². The number of carbonyl (C=O) groups is 1. The van der Waals surface area contributed by atoms with Gasteiger partial charge in [-0.15, -0.1) is 0 Å². The number of nitriles is 2. The van der Waals surface area contributed by atoms with Crippen LogP contribution in [-0.4, -0.2) is 28.7 Å². The van der Waals surface area contributed by atoms with E-state index in [4.69, 9.17) is 10.5 Å². The summed E-state index contributed by atoms with van der Waals surface area (Å²) in [5.41, 5.74) is 0. The lowest BCUT2D eigenvalue weighted by atomic mass is 10.3. The maximum atomic E-state index is 11.4. The van der Waals surface area contributed by atoms with Crippen molar-refractivity contribution in [2.45, 2.75) is 18.2 Å². The fourth-order valence-electron chi connectivity index (χ4n) is 0.755. The zero-order valence-corrected chi connectivity index (χ0v) is 8.91. The number of alkyl halides is 1. The van der Waals surface area contributed by atoms with E-state index in [1.165, 1.54) is 4.90 Å². The second kappa shape index (κ2) is 6.45. The van der Waals surface area contributed by atoms with E-state index in [-0.39, 0.29) is 23.8 Å². The van der Waals surface area contributed by atoms with Crippen LogP contribution in [0.3, 0.4) is 0 Å². The van der Waals surface area contributed by atoms with Crippen LogP contribution in [0.4, 0.5) is 0 Å². The van der Waals surface area contributed by atoms with Crippen LogP contribution in [0.2, 0.25) is 0 Å². The van der Waals surface area contributed by atoms with Gasteiger partial charge in [-0.1, -0.05) is 22.9 Å². The van der Waals surface area contributed by atoms with Crippen LogP contribution in [0, 0.1) is 22.7 Å². The second-order valence-electron chi connectivity index (χ2n) is 2.39. The van der Waals surface area contributed by atoms with E-state index in [0.717, 1.165) is 0 Å². The van der Waals surface area contributed by atoms with Crippen molar-refractivity contribution < 1.29 is 4.79 Å². The van der Waals surface area contributed by atoms with Crippen molar-refractivity contribution in [3.05, 3.63) is 0 Å². The first-order chi connectivity index (χ1) is 6.17. The van der Waals surface area contributed by atoms with Crippen LogP contribution >= 0.6 is 15.9 Å². The third-order valence-corrected chi connectivity index (χ3v) is 2.50. The molecule has 0 aliphatic heterocycles. The zero-order valence-electron chi connectivity index (χ0n) is 7.33. The molecule has 1 atom stereocenters. The molecule has 0 fully saturated rings. The highest BCUT2D eigenvalue weighted by Crippen LogP contribution is 2.08. The minimum absolute atomic E-state index is 0.0332. The summed E-state index contributed by atoms with van der Waals surface area (Å²) >= 11 is 3.17. The van der Waals surface area contributed by atoms with E-state index < -0.39 is 0 Å². The maximum Gasteiger partial charge on any atom is 0.238 e. The molecule has 0 rings (SSSR count). The molecule has 0 aliphatic rings. The molecular formula is C8H10BrN3O. The fraction of sp³-hybridized carbons (Fsp3) is 0.625. The largest absolute Gasteiger partial charge is 0.315 e. The fourth-order valence-corrected chi connectivity index (χ4v) is 1.04. The van der Waals surface area contributed by atoms with Crippen molar-refractivity contribution in [2.24, 2.45) is 0 Å². The molecule has 0 radical (unpaired) electrons. The maximum absolute atomic E-state index is 11.4. The molecule has 0 N–H and O–H groups in total. The predicted molar refractivity (Wildman–Crippen MR) is 50.8 cm³/mol. The molecule has 0 heterocycles. The number of halogens is 1. The highest BCUT2D eigenvalue weighted by molar-refractivity contribution is 9.10. The van der Waals surface area contributed by atoms with Gasteiger partial charge in [-0.2, -0.15) is 10.5 Å². The number of hydrogen-bond acceptors (Lipinski definition) is 3. The van der Waals surface area contributed by atoms with Gasteiger partial charge < -0.3 is 4.90 Å². The van der Waals surface area contributed by atoms with Gasteiger partial charge in [0, 0.05) is 0 Å². The lowest BCUT2D eigenvalue weighted by molar-refractivity contribution is -0.129. The van der Waals surface area contributed by atoms with Gasteiger partial charge in [0.25, 0.3) is 0 Å². The average Bonchev–Trinajstić information content (AvgIpc) is 2.15. The minimum Gasteiger partial charge on any atom is -0.315 e. The third kappa shape index (κ3) is 3.91. The SMILES string of the molecule is CCC(Br)C(=O)N(CC#N)CC#N. The molecule has 0 spiro atoms. The van der Waals surface area contributed by atoms with Crippen LogP contribution in [-0.2, 0) is 4.79 Å². The Labute approximate surface area is 85.9 Å². The zero-order chi connectivity index (χ0) is 10.3. The van der Waals surface area contributed by atoms with Crippen molar-refractivity contribution in [3.63, 3.8) is 0 Å². The molecule has 13 heavy (non-hydrogen) atoms. The molecule has 1 amide bonds. The standard InChI is InChI=1S/C8H10BrN3O/c1-2-7(9)8(13)12(5-3-10)6-4-11/h7H,2,5-6H2,1H3. The topological polar surface area (TPSA) is 67.9 Å². The summed E-state index contributed by atoms with van der Waals surface area (Å²) in [6, 6.07) is 3.69. The number of hydrogen-bond donors (Lipinski definition) is 0. The summed E-state index contributed by atoms with van der Waals surface area (Å²) < 4.78 is 0. The number of carbonyl (C=O) groups excluding carboxylic acids is 1. The van der Waals surface area contributed by atoms with E-state index in [2.05, 4.69) is 15.9 Å². The average molecular weight is 244 g/mol. The highest BCUT2D eigenvalue weighted by atomic mass is 79.9. The molecule has 4 nitrogen and oxygen atoms in total. The Kier molecular flexibility index (Phi) is 5.92. The van der Waals surface area contributed by atoms with Crippen molar-refractivity contribution in [2.75, 3.05) is 13.1 Å². The van der Waals surface area contributed by atoms with Crippen molar-refractivity contribution in [3.8, 4) is 12.1 Å². The lowest BCUT2D eigenvalue weighted by Gasteiger charge is -2.18.